The molecule has 0 atom stereocenters. The minimum atomic E-state index is 0. The largest absolute Gasteiger partial charge is 0.670 e. The van der Waals surface area contributed by atoms with Gasteiger partial charge in [0.1, 0.15) is 0 Å². The van der Waals surface area contributed by atoms with E-state index in [4.69, 9.17) is 9.47 Å². The first-order valence-electron chi connectivity index (χ1n) is 6.78. The first-order chi connectivity index (χ1) is 9.36. The molecule has 1 aromatic heterocycles. The molecule has 0 unspecified atom stereocenters. The van der Waals surface area contributed by atoms with Crippen LogP contribution in [0.4, 0.5) is 0 Å². The summed E-state index contributed by atoms with van der Waals surface area (Å²) in [5.41, 5.74) is 2.23. The van der Waals surface area contributed by atoms with Crippen LogP contribution in [-0.4, -0.2) is 13.2 Å². The summed E-state index contributed by atoms with van der Waals surface area (Å²) in [5, 5.41) is 0. The maximum Gasteiger partial charge on any atom is 0.162 e. The summed E-state index contributed by atoms with van der Waals surface area (Å²) in [6.45, 7) is 0. The molecular weight excluding hydrogens is 339 g/mol. The fraction of sp³-hybridized carbons (Fsp3) is 0.353. The summed E-state index contributed by atoms with van der Waals surface area (Å²) < 4.78 is 11.5. The van der Waals surface area contributed by atoms with Gasteiger partial charge in [0.2, 0.25) is 0 Å². The molecule has 0 saturated heterocycles. The first-order valence-corrected chi connectivity index (χ1v) is 6.78. The van der Waals surface area contributed by atoms with Gasteiger partial charge in [-0.1, -0.05) is 12.1 Å². The molecule has 0 bridgehead atoms. The quantitative estimate of drug-likeness (QED) is 0.770. The van der Waals surface area contributed by atoms with Crippen molar-refractivity contribution < 1.29 is 42.2 Å². The zero-order chi connectivity index (χ0) is 13.1. The van der Waals surface area contributed by atoms with Crippen LogP contribution in [0.2, 0.25) is 0 Å². The van der Waals surface area contributed by atoms with Gasteiger partial charge in [-0.2, -0.15) is 12.4 Å². The van der Waals surface area contributed by atoms with Crippen LogP contribution in [-0.2, 0) is 32.7 Å². The van der Waals surface area contributed by atoms with E-state index in [0.29, 0.717) is 6.10 Å². The van der Waals surface area contributed by atoms with Crippen molar-refractivity contribution in [2.24, 2.45) is 0 Å². The molecule has 21 heavy (non-hydrogen) atoms. The van der Waals surface area contributed by atoms with Crippen molar-refractivity contribution in [3.8, 4) is 22.6 Å². The van der Waals surface area contributed by atoms with E-state index >= 15 is 0 Å². The monoisotopic (exact) mass is 360 g/mol. The van der Waals surface area contributed by atoms with E-state index in [2.05, 4.69) is 4.98 Å². The van der Waals surface area contributed by atoms with E-state index < -0.39 is 0 Å². The second-order valence-corrected chi connectivity index (χ2v) is 4.94. The van der Waals surface area contributed by atoms with E-state index in [1.807, 2.05) is 30.5 Å². The number of benzene rings is 1. The molecule has 1 fully saturated rings. The Bertz CT molecular complexity index is 534. The van der Waals surface area contributed by atoms with Gasteiger partial charge < -0.3 is 21.9 Å². The van der Waals surface area contributed by atoms with E-state index in [1.165, 1.54) is 12.8 Å². The molecule has 0 aliphatic heterocycles. The van der Waals surface area contributed by atoms with Gasteiger partial charge in [-0.25, -0.2) is 0 Å². The second-order valence-electron chi connectivity index (χ2n) is 4.94. The van der Waals surface area contributed by atoms with Crippen LogP contribution >= 0.6 is 0 Å². The van der Waals surface area contributed by atoms with Gasteiger partial charge in [-0.3, -0.25) is 0 Å². The third-order valence-corrected chi connectivity index (χ3v) is 3.65. The van der Waals surface area contributed by atoms with Crippen LogP contribution in [0.25, 0.3) is 11.1 Å². The van der Waals surface area contributed by atoms with E-state index in [0.717, 1.165) is 35.5 Å². The number of ether oxygens (including phenoxy) is 2. The van der Waals surface area contributed by atoms with Crippen LogP contribution in [0, 0.1) is 7.43 Å². The summed E-state index contributed by atoms with van der Waals surface area (Å²) >= 11 is 0. The Morgan fingerprint density at radius 1 is 1.05 bits per heavy atom. The van der Waals surface area contributed by atoms with Crippen molar-refractivity contribution in [2.45, 2.75) is 31.8 Å². The van der Waals surface area contributed by atoms with Crippen molar-refractivity contribution >= 4 is 0 Å². The number of rotatable bonds is 4. The standard InChI is InChI=1S/C16H18NO2.CH3.Y/c1-18-15-7-6-12(13-8-9-17-11-13)10-16(15)19-14-4-2-3-5-14;;/h6-11,14H,2-5H2,1H3;1H3;/q2*-1;. The molecule has 0 spiro atoms. The molecule has 111 valence electrons. The molecule has 1 aliphatic carbocycles. The summed E-state index contributed by atoms with van der Waals surface area (Å²) in [6.07, 6.45) is 8.82. The topological polar surface area (TPSA) is 32.6 Å². The zero-order valence-electron chi connectivity index (χ0n) is 12.7. The first kappa shape index (κ1) is 18.3. The number of methoxy groups -OCH3 is 1. The normalized spacial score (nSPS) is 14.1. The summed E-state index contributed by atoms with van der Waals surface area (Å²) in [5.74, 6) is 1.64. The number of hydrogen-bond acceptors (Lipinski definition) is 2. The van der Waals surface area contributed by atoms with Gasteiger partial charge in [0.15, 0.2) is 11.5 Å². The summed E-state index contributed by atoms with van der Waals surface area (Å²) in [6, 6.07) is 8.05. The minimum absolute atomic E-state index is 0. The molecule has 1 radical (unpaired) electrons. The molecule has 3 nitrogen and oxygen atoms in total. The third kappa shape index (κ3) is 4.34. The SMILES string of the molecule is COc1ccc(-c2cc[n-]c2)cc1OC1CCCC1.[CH3-].[Y]. The van der Waals surface area contributed by atoms with Crippen molar-refractivity contribution in [3.63, 3.8) is 0 Å². The zero-order valence-corrected chi connectivity index (χ0v) is 15.5. The van der Waals surface area contributed by atoms with Crippen LogP contribution in [0.5, 0.6) is 11.5 Å². The van der Waals surface area contributed by atoms with Crippen LogP contribution in [0.15, 0.2) is 36.7 Å². The smallest absolute Gasteiger partial charge is 0.162 e. The molecule has 4 heteroatoms. The molecule has 0 amide bonds. The Labute approximate surface area is 152 Å². The average molecular weight is 360 g/mol. The fourth-order valence-electron chi connectivity index (χ4n) is 2.59. The predicted octanol–water partition coefficient (Wildman–Crippen LogP) is 4.09. The molecule has 3 rings (SSSR count). The molecule has 0 N–H and O–H groups in total. The van der Waals surface area contributed by atoms with Crippen LogP contribution in [0.1, 0.15) is 25.7 Å². The molecular formula is C17H21NO2Y-2. The average Bonchev–Trinajstić information content (AvgIpc) is 3.11. The Balaban J connectivity index is 0.00000110. The Hall–Kier alpha value is -0.796. The van der Waals surface area contributed by atoms with E-state index in [9.17, 15) is 0 Å². The maximum absolute atomic E-state index is 6.09. The summed E-state index contributed by atoms with van der Waals surface area (Å²) in [4.78, 5) is 4.10. The van der Waals surface area contributed by atoms with Crippen molar-refractivity contribution in [3.05, 3.63) is 44.1 Å². The molecule has 1 aromatic carbocycles. The number of nitrogens with zero attached hydrogens (tertiary/aromatic N) is 1. The molecule has 1 saturated carbocycles. The number of hydrogen-bond donors (Lipinski definition) is 0. The molecule has 1 heterocycles. The van der Waals surface area contributed by atoms with Gasteiger partial charge in [0, 0.05) is 32.7 Å². The van der Waals surface area contributed by atoms with Gasteiger partial charge in [-0.05, 0) is 48.9 Å². The Morgan fingerprint density at radius 2 is 1.81 bits per heavy atom. The Kier molecular flexibility index (Phi) is 7.47. The summed E-state index contributed by atoms with van der Waals surface area (Å²) in [7, 11) is 1.68. The fourth-order valence-corrected chi connectivity index (χ4v) is 2.59. The minimum Gasteiger partial charge on any atom is -0.670 e. The van der Waals surface area contributed by atoms with Gasteiger partial charge >= 0.3 is 0 Å². The van der Waals surface area contributed by atoms with E-state index in [-0.39, 0.29) is 40.1 Å². The van der Waals surface area contributed by atoms with Crippen molar-refractivity contribution in [1.29, 1.82) is 0 Å². The van der Waals surface area contributed by atoms with Crippen molar-refractivity contribution in [1.82, 2.24) is 4.98 Å². The predicted molar refractivity (Wildman–Crippen MR) is 81.0 cm³/mol. The van der Waals surface area contributed by atoms with Crippen LogP contribution in [0.3, 0.4) is 0 Å². The Morgan fingerprint density at radius 3 is 2.43 bits per heavy atom. The van der Waals surface area contributed by atoms with Crippen molar-refractivity contribution in [2.75, 3.05) is 7.11 Å². The molecule has 2 aromatic rings. The van der Waals surface area contributed by atoms with Gasteiger partial charge in [0.05, 0.1) is 13.2 Å². The molecule has 1 aliphatic rings. The second kappa shape index (κ2) is 8.60. The third-order valence-electron chi connectivity index (χ3n) is 3.65. The van der Waals surface area contributed by atoms with Gasteiger partial charge in [-0.15, -0.1) is 0 Å². The van der Waals surface area contributed by atoms with E-state index in [1.54, 1.807) is 13.3 Å². The maximum atomic E-state index is 6.09. The number of aromatic nitrogens is 1. The van der Waals surface area contributed by atoms with Crippen LogP contribution < -0.4 is 14.5 Å². The van der Waals surface area contributed by atoms with Gasteiger partial charge in [0.25, 0.3) is 0 Å².